The van der Waals surface area contributed by atoms with E-state index in [-0.39, 0.29) is 29.6 Å². The first-order chi connectivity index (χ1) is 16.4. The molecule has 2 aromatic heterocycles. The molecule has 0 aliphatic carbocycles. The molecule has 1 aliphatic heterocycles. The lowest BCUT2D eigenvalue weighted by atomic mass is 9.96. The molecule has 1 saturated heterocycles. The average molecular weight is 465 g/mol. The molecule has 1 aromatic carbocycles. The van der Waals surface area contributed by atoms with E-state index in [1.807, 2.05) is 25.1 Å². The molecule has 1 amide bonds. The van der Waals surface area contributed by atoms with E-state index in [0.717, 1.165) is 17.7 Å². The number of rotatable bonds is 6. The normalized spacial score (nSPS) is 14.2. The summed E-state index contributed by atoms with van der Waals surface area (Å²) < 4.78 is 4.82. The minimum atomic E-state index is -0.203. The molecule has 178 valence electrons. The van der Waals surface area contributed by atoms with Crippen LogP contribution < -0.4 is 16.8 Å². The highest BCUT2D eigenvalue weighted by Crippen LogP contribution is 2.24. The van der Waals surface area contributed by atoms with Gasteiger partial charge in [-0.15, -0.1) is 0 Å². The Bertz CT molecular complexity index is 1220. The molecule has 11 heteroatoms. The molecule has 3 heterocycles. The smallest absolute Gasteiger partial charge is 0.308 e. The maximum atomic E-state index is 13.0. The minimum Gasteiger partial charge on any atom is -0.469 e. The molecule has 0 atom stereocenters. The monoisotopic (exact) mass is 464 g/mol. The lowest BCUT2D eigenvalue weighted by Crippen LogP contribution is -2.40. The van der Waals surface area contributed by atoms with Gasteiger partial charge in [0, 0.05) is 24.3 Å². The number of carbonyl (C=O) groups excluding carboxylic acids is 2. The van der Waals surface area contributed by atoms with E-state index >= 15 is 0 Å². The van der Waals surface area contributed by atoms with Crippen LogP contribution in [0.2, 0.25) is 0 Å². The van der Waals surface area contributed by atoms with Gasteiger partial charge in [-0.05, 0) is 43.0 Å². The van der Waals surface area contributed by atoms with Crippen molar-refractivity contribution in [1.82, 2.24) is 24.8 Å². The van der Waals surface area contributed by atoms with Crippen LogP contribution in [0.15, 0.2) is 24.4 Å². The van der Waals surface area contributed by atoms with Crippen molar-refractivity contribution < 1.29 is 14.3 Å². The van der Waals surface area contributed by atoms with Gasteiger partial charge in [0.05, 0.1) is 31.5 Å². The van der Waals surface area contributed by atoms with Gasteiger partial charge in [-0.3, -0.25) is 9.59 Å². The molecule has 5 N–H and O–H groups in total. The molecule has 0 radical (unpaired) electrons. The zero-order chi connectivity index (χ0) is 24.2. The number of likely N-dealkylation sites (tertiary alicyclic amines) is 1. The lowest BCUT2D eigenvalue weighted by molar-refractivity contribution is -0.146. The summed E-state index contributed by atoms with van der Waals surface area (Å²) in [6.07, 6.45) is 3.60. The summed E-state index contributed by atoms with van der Waals surface area (Å²) in [6, 6.07) is 5.63. The predicted octanol–water partition coefficient (Wildman–Crippen LogP) is 1.78. The molecule has 0 spiro atoms. The van der Waals surface area contributed by atoms with Crippen molar-refractivity contribution in [2.45, 2.75) is 32.7 Å². The Morgan fingerprint density at radius 1 is 1.18 bits per heavy atom. The van der Waals surface area contributed by atoms with Gasteiger partial charge in [0.1, 0.15) is 0 Å². The summed E-state index contributed by atoms with van der Waals surface area (Å²) in [4.78, 5) is 43.3. The molecular weight excluding hydrogens is 436 g/mol. The van der Waals surface area contributed by atoms with Gasteiger partial charge < -0.3 is 26.4 Å². The molecule has 0 saturated carbocycles. The fraction of sp³-hybridized carbons (Fsp3) is 0.391. The van der Waals surface area contributed by atoms with Crippen LogP contribution in [0.1, 0.15) is 41.4 Å². The summed E-state index contributed by atoms with van der Waals surface area (Å²) in [5.41, 5.74) is 15.5. The number of benzene rings is 1. The number of aromatic nitrogens is 4. The summed E-state index contributed by atoms with van der Waals surface area (Å²) in [6.45, 7) is 3.53. The van der Waals surface area contributed by atoms with Gasteiger partial charge in [0.25, 0.3) is 5.91 Å². The average Bonchev–Trinajstić information content (AvgIpc) is 2.86. The number of anilines is 3. The predicted molar refractivity (Wildman–Crippen MR) is 128 cm³/mol. The van der Waals surface area contributed by atoms with Crippen LogP contribution in [0.25, 0.3) is 11.2 Å². The second kappa shape index (κ2) is 9.86. The SMILES string of the molecule is CCc1cc(C(=O)N2CCC(C(=O)OC)CC2)ccc1NCc1cnc2nc(N)nc(N)c2n1. The first-order valence-corrected chi connectivity index (χ1v) is 11.2. The number of piperidine rings is 1. The number of carbonyl (C=O) groups is 2. The fourth-order valence-corrected chi connectivity index (χ4v) is 4.11. The Balaban J connectivity index is 1.44. The first kappa shape index (κ1) is 23.1. The van der Waals surface area contributed by atoms with Crippen molar-refractivity contribution in [3.8, 4) is 0 Å². The van der Waals surface area contributed by atoms with Crippen molar-refractivity contribution in [1.29, 1.82) is 0 Å². The van der Waals surface area contributed by atoms with Crippen molar-refractivity contribution in [2.24, 2.45) is 5.92 Å². The molecule has 0 bridgehead atoms. The van der Waals surface area contributed by atoms with Crippen LogP contribution in [0.4, 0.5) is 17.5 Å². The molecule has 1 aliphatic rings. The second-order valence-corrected chi connectivity index (χ2v) is 8.17. The number of methoxy groups -OCH3 is 1. The molecule has 34 heavy (non-hydrogen) atoms. The maximum absolute atomic E-state index is 13.0. The number of nitrogens with zero attached hydrogens (tertiary/aromatic N) is 5. The molecular formula is C23H28N8O3. The highest BCUT2D eigenvalue weighted by atomic mass is 16.5. The number of esters is 1. The fourth-order valence-electron chi connectivity index (χ4n) is 4.11. The van der Waals surface area contributed by atoms with Gasteiger partial charge in [0.15, 0.2) is 17.0 Å². The lowest BCUT2D eigenvalue weighted by Gasteiger charge is -2.31. The number of nitrogens with two attached hydrogens (primary N) is 2. The maximum Gasteiger partial charge on any atom is 0.308 e. The Labute approximate surface area is 196 Å². The summed E-state index contributed by atoms with van der Waals surface area (Å²) in [5.74, 6) is -0.125. The van der Waals surface area contributed by atoms with Crippen molar-refractivity contribution in [2.75, 3.05) is 37.0 Å². The van der Waals surface area contributed by atoms with Crippen LogP contribution >= 0.6 is 0 Å². The Morgan fingerprint density at radius 3 is 2.65 bits per heavy atom. The van der Waals surface area contributed by atoms with Crippen LogP contribution in [-0.2, 0) is 22.5 Å². The number of fused-ring (bicyclic) bond motifs is 1. The van der Waals surface area contributed by atoms with E-state index in [2.05, 4.69) is 25.3 Å². The van der Waals surface area contributed by atoms with E-state index < -0.39 is 0 Å². The van der Waals surface area contributed by atoms with E-state index in [0.29, 0.717) is 54.9 Å². The van der Waals surface area contributed by atoms with E-state index in [9.17, 15) is 9.59 Å². The number of nitrogen functional groups attached to an aromatic ring is 2. The second-order valence-electron chi connectivity index (χ2n) is 8.17. The standard InChI is InChI=1S/C23H28N8O3/c1-3-13-10-15(21(32)31-8-6-14(7-9-31)22(33)34-2)4-5-17(13)26-11-16-12-27-20-18(28-16)19(24)29-23(25)30-20/h4-5,10,12,14,26H,3,6-9,11H2,1-2H3,(H4,24,25,27,29,30). The van der Waals surface area contributed by atoms with Gasteiger partial charge in [-0.1, -0.05) is 6.92 Å². The summed E-state index contributed by atoms with van der Waals surface area (Å²) >= 11 is 0. The molecule has 3 aromatic rings. The van der Waals surface area contributed by atoms with Crippen LogP contribution in [-0.4, -0.2) is 56.9 Å². The van der Waals surface area contributed by atoms with E-state index in [4.69, 9.17) is 16.2 Å². The Kier molecular flexibility index (Phi) is 6.71. The highest BCUT2D eigenvalue weighted by Gasteiger charge is 2.28. The van der Waals surface area contributed by atoms with Gasteiger partial charge in [-0.25, -0.2) is 9.97 Å². The van der Waals surface area contributed by atoms with Crippen LogP contribution in [0.5, 0.6) is 0 Å². The molecule has 0 unspecified atom stereocenters. The Morgan fingerprint density at radius 2 is 1.94 bits per heavy atom. The Hall–Kier alpha value is -4.02. The number of amides is 1. The number of nitrogens with one attached hydrogen (secondary N) is 1. The third-order valence-electron chi connectivity index (χ3n) is 6.01. The summed E-state index contributed by atoms with van der Waals surface area (Å²) in [5, 5.41) is 3.36. The van der Waals surface area contributed by atoms with Crippen LogP contribution in [0.3, 0.4) is 0 Å². The minimum absolute atomic E-state index is 0.0280. The molecule has 4 rings (SSSR count). The quantitative estimate of drug-likeness (QED) is 0.458. The van der Waals surface area contributed by atoms with Gasteiger partial charge >= 0.3 is 5.97 Å². The van der Waals surface area contributed by atoms with Crippen molar-refractivity contribution >= 4 is 40.5 Å². The third kappa shape index (κ3) is 4.82. The zero-order valence-electron chi connectivity index (χ0n) is 19.2. The summed E-state index contributed by atoms with van der Waals surface area (Å²) in [7, 11) is 1.40. The topological polar surface area (TPSA) is 162 Å². The van der Waals surface area contributed by atoms with Crippen LogP contribution in [0, 0.1) is 5.92 Å². The number of hydrogen-bond acceptors (Lipinski definition) is 10. The molecule has 11 nitrogen and oxygen atoms in total. The zero-order valence-corrected chi connectivity index (χ0v) is 19.2. The number of aryl methyl sites for hydroxylation is 1. The van der Waals surface area contributed by atoms with E-state index in [1.54, 1.807) is 11.1 Å². The highest BCUT2D eigenvalue weighted by molar-refractivity contribution is 5.95. The van der Waals surface area contributed by atoms with Crippen molar-refractivity contribution in [3.63, 3.8) is 0 Å². The van der Waals surface area contributed by atoms with Gasteiger partial charge in [-0.2, -0.15) is 9.97 Å². The number of ether oxygens (including phenoxy) is 1. The number of hydrogen-bond donors (Lipinski definition) is 3. The van der Waals surface area contributed by atoms with E-state index in [1.165, 1.54) is 7.11 Å². The first-order valence-electron chi connectivity index (χ1n) is 11.2. The van der Waals surface area contributed by atoms with Gasteiger partial charge in [0.2, 0.25) is 5.95 Å². The van der Waals surface area contributed by atoms with Crippen molar-refractivity contribution in [3.05, 3.63) is 41.2 Å². The molecule has 1 fully saturated rings. The third-order valence-corrected chi connectivity index (χ3v) is 6.01. The largest absolute Gasteiger partial charge is 0.469 e.